The molecule has 112 valence electrons. The Hall–Kier alpha value is -2.82. The maximum absolute atomic E-state index is 13.0. The first kappa shape index (κ1) is 14.1. The van der Waals surface area contributed by atoms with Gasteiger partial charge in [-0.1, -0.05) is 18.2 Å². The van der Waals surface area contributed by atoms with Crippen LogP contribution >= 0.6 is 0 Å². The van der Waals surface area contributed by atoms with Crippen LogP contribution in [-0.2, 0) is 6.54 Å². The van der Waals surface area contributed by atoms with Gasteiger partial charge in [-0.3, -0.25) is 0 Å². The molecule has 5 heteroatoms. The van der Waals surface area contributed by atoms with Gasteiger partial charge in [0.05, 0.1) is 19.3 Å². The van der Waals surface area contributed by atoms with Gasteiger partial charge in [0.15, 0.2) is 0 Å². The number of nitrogen functional groups attached to an aromatic ring is 1. The van der Waals surface area contributed by atoms with Crippen LogP contribution in [0.25, 0.3) is 11.3 Å². The zero-order valence-electron chi connectivity index (χ0n) is 12.2. The lowest BCUT2D eigenvalue weighted by molar-refractivity contribution is 0.408. The fraction of sp³-hybridized carbons (Fsp3) is 0.118. The van der Waals surface area contributed by atoms with Gasteiger partial charge >= 0.3 is 0 Å². The zero-order valence-corrected chi connectivity index (χ0v) is 12.2. The normalized spacial score (nSPS) is 10.6. The van der Waals surface area contributed by atoms with Crippen molar-refractivity contribution in [3.8, 4) is 17.0 Å². The lowest BCUT2D eigenvalue weighted by Crippen LogP contribution is -2.04. The van der Waals surface area contributed by atoms with Crippen molar-refractivity contribution in [3.05, 3.63) is 66.1 Å². The summed E-state index contributed by atoms with van der Waals surface area (Å²) >= 11 is 0. The Kier molecular flexibility index (Phi) is 3.78. The van der Waals surface area contributed by atoms with Gasteiger partial charge in [-0.15, -0.1) is 0 Å². The van der Waals surface area contributed by atoms with Gasteiger partial charge in [-0.05, 0) is 30.3 Å². The second-order valence-corrected chi connectivity index (χ2v) is 4.93. The lowest BCUT2D eigenvalue weighted by Gasteiger charge is -2.09. The molecule has 22 heavy (non-hydrogen) atoms. The van der Waals surface area contributed by atoms with Crippen molar-refractivity contribution in [3.63, 3.8) is 0 Å². The molecule has 3 rings (SSSR count). The Morgan fingerprint density at radius 1 is 1.14 bits per heavy atom. The standard InChI is InChI=1S/C17H16FN3O/c1-22-16-5-3-2-4-13(16)10-21-11-15(20-17(21)19)12-6-8-14(18)9-7-12/h2-9,11H,10H2,1H3,(H2,19,20). The van der Waals surface area contributed by atoms with Crippen LogP contribution in [0.4, 0.5) is 10.3 Å². The molecular weight excluding hydrogens is 281 g/mol. The summed E-state index contributed by atoms with van der Waals surface area (Å²) in [6, 6.07) is 13.9. The van der Waals surface area contributed by atoms with E-state index in [-0.39, 0.29) is 5.82 Å². The Balaban J connectivity index is 1.91. The van der Waals surface area contributed by atoms with E-state index >= 15 is 0 Å². The first-order valence-electron chi connectivity index (χ1n) is 6.88. The monoisotopic (exact) mass is 297 g/mol. The van der Waals surface area contributed by atoms with Crippen molar-refractivity contribution in [2.24, 2.45) is 0 Å². The van der Waals surface area contributed by atoms with Crippen LogP contribution in [0.5, 0.6) is 5.75 Å². The average molecular weight is 297 g/mol. The Bertz CT molecular complexity index is 781. The minimum atomic E-state index is -0.273. The minimum absolute atomic E-state index is 0.273. The first-order chi connectivity index (χ1) is 10.7. The molecule has 3 aromatic rings. The number of nitrogens with two attached hydrogens (primary N) is 1. The van der Waals surface area contributed by atoms with E-state index in [1.54, 1.807) is 19.2 Å². The average Bonchev–Trinajstić information content (AvgIpc) is 2.89. The van der Waals surface area contributed by atoms with E-state index in [4.69, 9.17) is 10.5 Å². The number of nitrogens with zero attached hydrogens (tertiary/aromatic N) is 2. The molecule has 0 amide bonds. The number of imidazole rings is 1. The molecule has 0 bridgehead atoms. The van der Waals surface area contributed by atoms with Crippen LogP contribution in [0, 0.1) is 5.82 Å². The van der Waals surface area contributed by atoms with Gasteiger partial charge in [0.2, 0.25) is 5.95 Å². The molecule has 0 spiro atoms. The predicted octanol–water partition coefficient (Wildman–Crippen LogP) is 3.33. The Morgan fingerprint density at radius 2 is 1.86 bits per heavy atom. The third kappa shape index (κ3) is 2.79. The number of hydrogen-bond acceptors (Lipinski definition) is 3. The van der Waals surface area contributed by atoms with Crippen LogP contribution in [0.15, 0.2) is 54.7 Å². The molecule has 2 N–H and O–H groups in total. The number of anilines is 1. The van der Waals surface area contributed by atoms with E-state index in [0.717, 1.165) is 16.9 Å². The number of methoxy groups -OCH3 is 1. The minimum Gasteiger partial charge on any atom is -0.496 e. The maximum Gasteiger partial charge on any atom is 0.201 e. The maximum atomic E-state index is 13.0. The molecule has 2 aromatic carbocycles. The van der Waals surface area contributed by atoms with Crippen molar-refractivity contribution in [2.75, 3.05) is 12.8 Å². The molecule has 0 fully saturated rings. The fourth-order valence-electron chi connectivity index (χ4n) is 2.33. The molecule has 0 saturated carbocycles. The quantitative estimate of drug-likeness (QED) is 0.803. The largest absolute Gasteiger partial charge is 0.496 e. The van der Waals surface area contributed by atoms with Crippen molar-refractivity contribution >= 4 is 5.95 Å². The van der Waals surface area contributed by atoms with Crippen LogP contribution in [0.1, 0.15) is 5.56 Å². The Labute approximate surface area is 128 Å². The molecule has 0 radical (unpaired) electrons. The second kappa shape index (κ2) is 5.89. The van der Waals surface area contributed by atoms with Crippen LogP contribution < -0.4 is 10.5 Å². The second-order valence-electron chi connectivity index (χ2n) is 4.93. The van der Waals surface area contributed by atoms with Gasteiger partial charge in [0.1, 0.15) is 11.6 Å². The van der Waals surface area contributed by atoms with Gasteiger partial charge < -0.3 is 15.0 Å². The summed E-state index contributed by atoms with van der Waals surface area (Å²) in [5.41, 5.74) is 8.54. The smallest absolute Gasteiger partial charge is 0.201 e. The number of benzene rings is 2. The summed E-state index contributed by atoms with van der Waals surface area (Å²) < 4.78 is 20.2. The van der Waals surface area contributed by atoms with Crippen molar-refractivity contribution in [1.82, 2.24) is 9.55 Å². The third-order valence-corrected chi connectivity index (χ3v) is 3.48. The molecular formula is C17H16FN3O. The number of halogens is 1. The number of para-hydroxylation sites is 1. The van der Waals surface area contributed by atoms with Gasteiger partial charge in [-0.2, -0.15) is 0 Å². The lowest BCUT2D eigenvalue weighted by atomic mass is 10.1. The van der Waals surface area contributed by atoms with Crippen LogP contribution in [-0.4, -0.2) is 16.7 Å². The summed E-state index contributed by atoms with van der Waals surface area (Å²) in [6.45, 7) is 0.560. The number of hydrogen-bond donors (Lipinski definition) is 1. The van der Waals surface area contributed by atoms with E-state index in [1.807, 2.05) is 35.0 Å². The molecule has 0 aliphatic carbocycles. The molecule has 0 unspecified atom stereocenters. The predicted molar refractivity (Wildman–Crippen MR) is 84.1 cm³/mol. The Morgan fingerprint density at radius 3 is 2.59 bits per heavy atom. The van der Waals surface area contributed by atoms with Gasteiger partial charge in [0, 0.05) is 17.3 Å². The fourth-order valence-corrected chi connectivity index (χ4v) is 2.33. The number of rotatable bonds is 4. The number of ether oxygens (including phenoxy) is 1. The highest BCUT2D eigenvalue weighted by Crippen LogP contribution is 2.23. The van der Waals surface area contributed by atoms with Crippen LogP contribution in [0.3, 0.4) is 0 Å². The van der Waals surface area contributed by atoms with Crippen LogP contribution in [0.2, 0.25) is 0 Å². The topological polar surface area (TPSA) is 53.1 Å². The summed E-state index contributed by atoms with van der Waals surface area (Å²) in [5, 5.41) is 0. The zero-order chi connectivity index (χ0) is 15.5. The summed E-state index contributed by atoms with van der Waals surface area (Å²) in [4.78, 5) is 4.34. The summed E-state index contributed by atoms with van der Waals surface area (Å²) in [5.74, 6) is 0.939. The van der Waals surface area contributed by atoms with E-state index in [0.29, 0.717) is 18.2 Å². The molecule has 0 atom stereocenters. The van der Waals surface area contributed by atoms with Gasteiger partial charge in [0.25, 0.3) is 0 Å². The molecule has 0 aliphatic heterocycles. The molecule has 0 saturated heterocycles. The van der Waals surface area contributed by atoms with Crippen molar-refractivity contribution in [1.29, 1.82) is 0 Å². The molecule has 1 heterocycles. The first-order valence-corrected chi connectivity index (χ1v) is 6.88. The number of aromatic nitrogens is 2. The highest BCUT2D eigenvalue weighted by molar-refractivity contribution is 5.60. The van der Waals surface area contributed by atoms with E-state index in [1.165, 1.54) is 12.1 Å². The molecule has 0 aliphatic rings. The molecule has 4 nitrogen and oxygen atoms in total. The highest BCUT2D eigenvalue weighted by atomic mass is 19.1. The highest BCUT2D eigenvalue weighted by Gasteiger charge is 2.09. The van der Waals surface area contributed by atoms with E-state index < -0.39 is 0 Å². The van der Waals surface area contributed by atoms with Crippen molar-refractivity contribution in [2.45, 2.75) is 6.54 Å². The van der Waals surface area contributed by atoms with Crippen molar-refractivity contribution < 1.29 is 9.13 Å². The molecule has 1 aromatic heterocycles. The third-order valence-electron chi connectivity index (χ3n) is 3.48. The SMILES string of the molecule is COc1ccccc1Cn1cc(-c2ccc(F)cc2)nc1N. The van der Waals surface area contributed by atoms with E-state index in [2.05, 4.69) is 4.98 Å². The summed E-state index contributed by atoms with van der Waals surface area (Å²) in [7, 11) is 1.64. The van der Waals surface area contributed by atoms with E-state index in [9.17, 15) is 4.39 Å². The van der Waals surface area contributed by atoms with Gasteiger partial charge in [-0.25, -0.2) is 9.37 Å². The summed E-state index contributed by atoms with van der Waals surface area (Å²) in [6.07, 6.45) is 1.86.